The van der Waals surface area contributed by atoms with Gasteiger partial charge in [-0.2, -0.15) is 0 Å². The quantitative estimate of drug-likeness (QED) is 0.867. The van der Waals surface area contributed by atoms with E-state index in [1.165, 1.54) is 24.8 Å². The normalized spacial score (nSPS) is 28.6. The van der Waals surface area contributed by atoms with Crippen molar-refractivity contribution in [3.8, 4) is 0 Å². The Balaban J connectivity index is 1.86. The molecule has 2 nitrogen and oxygen atoms in total. The van der Waals surface area contributed by atoms with Crippen LogP contribution in [0.4, 0.5) is 0 Å². The first kappa shape index (κ1) is 11.2. The monoisotopic (exact) mass is 231 g/mol. The molecule has 1 heterocycles. The summed E-state index contributed by atoms with van der Waals surface area (Å²) in [6.07, 6.45) is 4.94. The smallest absolute Gasteiger partial charge is 0.0510 e. The van der Waals surface area contributed by atoms with Gasteiger partial charge in [-0.3, -0.25) is 0 Å². The van der Waals surface area contributed by atoms with Crippen LogP contribution in [0.15, 0.2) is 30.3 Å². The maximum absolute atomic E-state index is 6.57. The lowest BCUT2D eigenvalue weighted by molar-refractivity contribution is 0.129. The molecule has 17 heavy (non-hydrogen) atoms. The molecule has 1 saturated carbocycles. The molecule has 2 N–H and O–H groups in total. The van der Waals surface area contributed by atoms with Gasteiger partial charge in [-0.15, -0.1) is 0 Å². The molecule has 1 aliphatic heterocycles. The molecule has 1 aliphatic carbocycles. The Hall–Kier alpha value is -0.860. The molecule has 1 aromatic rings. The minimum absolute atomic E-state index is 0.236. The first-order valence-corrected chi connectivity index (χ1v) is 6.72. The third-order valence-electron chi connectivity index (χ3n) is 4.71. The summed E-state index contributed by atoms with van der Waals surface area (Å²) in [6, 6.07) is 11.1. The van der Waals surface area contributed by atoms with Gasteiger partial charge in [0.1, 0.15) is 0 Å². The third-order valence-corrected chi connectivity index (χ3v) is 4.71. The highest BCUT2D eigenvalue weighted by atomic mass is 16.5. The molecule has 2 fully saturated rings. The van der Waals surface area contributed by atoms with Gasteiger partial charge in [0.25, 0.3) is 0 Å². The van der Waals surface area contributed by atoms with E-state index in [4.69, 9.17) is 10.5 Å². The maximum Gasteiger partial charge on any atom is 0.0510 e. The van der Waals surface area contributed by atoms with Crippen LogP contribution >= 0.6 is 0 Å². The SMILES string of the molecule is NC(C1CCOC1)C1(c2ccccc2)CCC1. The Labute approximate surface area is 103 Å². The summed E-state index contributed by atoms with van der Waals surface area (Å²) < 4.78 is 5.50. The highest BCUT2D eigenvalue weighted by Gasteiger charge is 2.47. The molecule has 0 spiro atoms. The molecule has 1 saturated heterocycles. The van der Waals surface area contributed by atoms with Crippen molar-refractivity contribution in [1.82, 2.24) is 0 Å². The van der Waals surface area contributed by atoms with Crippen molar-refractivity contribution in [3.63, 3.8) is 0 Å². The summed E-state index contributed by atoms with van der Waals surface area (Å²) in [5.41, 5.74) is 8.24. The number of nitrogens with two attached hydrogens (primary N) is 1. The van der Waals surface area contributed by atoms with E-state index in [0.29, 0.717) is 5.92 Å². The van der Waals surface area contributed by atoms with Gasteiger partial charge in [0, 0.05) is 24.0 Å². The van der Waals surface area contributed by atoms with E-state index in [1.54, 1.807) is 0 Å². The maximum atomic E-state index is 6.57. The van der Waals surface area contributed by atoms with Crippen LogP contribution < -0.4 is 5.73 Å². The van der Waals surface area contributed by atoms with Crippen LogP contribution in [-0.4, -0.2) is 19.3 Å². The van der Waals surface area contributed by atoms with Crippen molar-refractivity contribution in [2.75, 3.05) is 13.2 Å². The predicted octanol–water partition coefficient (Wildman–Crippen LogP) is 2.47. The van der Waals surface area contributed by atoms with E-state index in [-0.39, 0.29) is 11.5 Å². The van der Waals surface area contributed by atoms with Gasteiger partial charge < -0.3 is 10.5 Å². The molecule has 92 valence electrons. The minimum atomic E-state index is 0.236. The third kappa shape index (κ3) is 1.80. The summed E-state index contributed by atoms with van der Waals surface area (Å²) in [5, 5.41) is 0. The lowest BCUT2D eigenvalue weighted by Gasteiger charge is -2.48. The van der Waals surface area contributed by atoms with Gasteiger partial charge in [0.05, 0.1) is 6.61 Å². The van der Waals surface area contributed by atoms with Crippen LogP contribution in [-0.2, 0) is 10.2 Å². The topological polar surface area (TPSA) is 35.2 Å². The molecular formula is C15H21NO. The predicted molar refractivity (Wildman–Crippen MR) is 68.9 cm³/mol. The highest BCUT2D eigenvalue weighted by molar-refractivity contribution is 5.31. The fourth-order valence-corrected chi connectivity index (χ4v) is 3.43. The van der Waals surface area contributed by atoms with Crippen LogP contribution in [0, 0.1) is 5.92 Å². The van der Waals surface area contributed by atoms with E-state index >= 15 is 0 Å². The standard InChI is InChI=1S/C15H21NO/c16-14(12-7-10-17-11-12)15(8-4-9-15)13-5-2-1-3-6-13/h1-3,5-6,12,14H,4,7-11,16H2. The summed E-state index contributed by atoms with van der Waals surface area (Å²) in [4.78, 5) is 0. The van der Waals surface area contributed by atoms with Crippen molar-refractivity contribution in [2.45, 2.75) is 37.1 Å². The number of hydrogen-bond donors (Lipinski definition) is 1. The largest absolute Gasteiger partial charge is 0.381 e. The van der Waals surface area contributed by atoms with Crippen molar-refractivity contribution in [3.05, 3.63) is 35.9 Å². The van der Waals surface area contributed by atoms with Gasteiger partial charge >= 0.3 is 0 Å². The van der Waals surface area contributed by atoms with Gasteiger partial charge in [0.15, 0.2) is 0 Å². The molecular weight excluding hydrogens is 210 g/mol. The van der Waals surface area contributed by atoms with Crippen molar-refractivity contribution >= 4 is 0 Å². The Morgan fingerprint density at radius 1 is 1.24 bits per heavy atom. The Morgan fingerprint density at radius 2 is 2.00 bits per heavy atom. The zero-order valence-corrected chi connectivity index (χ0v) is 10.3. The van der Waals surface area contributed by atoms with Crippen molar-refractivity contribution in [1.29, 1.82) is 0 Å². The first-order chi connectivity index (χ1) is 8.33. The van der Waals surface area contributed by atoms with Crippen molar-refractivity contribution < 1.29 is 4.74 Å². The van der Waals surface area contributed by atoms with Gasteiger partial charge in [-0.1, -0.05) is 36.8 Å². The fraction of sp³-hybridized carbons (Fsp3) is 0.600. The van der Waals surface area contributed by atoms with Crippen LogP contribution in [0.3, 0.4) is 0 Å². The summed E-state index contributed by atoms with van der Waals surface area (Å²) in [5.74, 6) is 0.551. The lowest BCUT2D eigenvalue weighted by atomic mass is 9.58. The van der Waals surface area contributed by atoms with Gasteiger partial charge in [-0.05, 0) is 24.8 Å². The second-order valence-corrected chi connectivity index (χ2v) is 5.53. The molecule has 0 radical (unpaired) electrons. The zero-order valence-electron chi connectivity index (χ0n) is 10.3. The molecule has 0 amide bonds. The molecule has 3 rings (SSSR count). The molecule has 2 unspecified atom stereocenters. The second-order valence-electron chi connectivity index (χ2n) is 5.53. The van der Waals surface area contributed by atoms with E-state index in [2.05, 4.69) is 30.3 Å². The number of rotatable bonds is 3. The zero-order chi connectivity index (χ0) is 11.7. The van der Waals surface area contributed by atoms with E-state index in [1.807, 2.05) is 0 Å². The Kier molecular flexibility index (Phi) is 2.93. The Morgan fingerprint density at radius 3 is 2.53 bits per heavy atom. The van der Waals surface area contributed by atoms with Crippen molar-refractivity contribution in [2.24, 2.45) is 11.7 Å². The molecule has 2 heteroatoms. The van der Waals surface area contributed by atoms with Crippen LogP contribution in [0.5, 0.6) is 0 Å². The Bertz CT molecular complexity index is 366. The molecule has 0 bridgehead atoms. The number of hydrogen-bond acceptors (Lipinski definition) is 2. The van der Waals surface area contributed by atoms with Crippen LogP contribution in [0.25, 0.3) is 0 Å². The number of ether oxygens (including phenoxy) is 1. The first-order valence-electron chi connectivity index (χ1n) is 6.72. The molecule has 0 aromatic heterocycles. The minimum Gasteiger partial charge on any atom is -0.381 e. The van der Waals surface area contributed by atoms with E-state index < -0.39 is 0 Å². The summed E-state index contributed by atoms with van der Waals surface area (Å²) >= 11 is 0. The molecule has 1 aromatic carbocycles. The lowest BCUT2D eigenvalue weighted by Crippen LogP contribution is -2.54. The summed E-state index contributed by atoms with van der Waals surface area (Å²) in [7, 11) is 0. The summed E-state index contributed by atoms with van der Waals surface area (Å²) in [6.45, 7) is 1.75. The fourth-order valence-electron chi connectivity index (χ4n) is 3.43. The van der Waals surface area contributed by atoms with Gasteiger partial charge in [-0.25, -0.2) is 0 Å². The average molecular weight is 231 g/mol. The van der Waals surface area contributed by atoms with Gasteiger partial charge in [0.2, 0.25) is 0 Å². The number of benzene rings is 1. The van der Waals surface area contributed by atoms with Crippen LogP contribution in [0.1, 0.15) is 31.2 Å². The second kappa shape index (κ2) is 4.43. The molecule has 2 atom stereocenters. The van der Waals surface area contributed by atoms with Crippen LogP contribution in [0.2, 0.25) is 0 Å². The molecule has 2 aliphatic rings. The highest BCUT2D eigenvalue weighted by Crippen LogP contribution is 2.48. The average Bonchev–Trinajstić information content (AvgIpc) is 2.82. The van der Waals surface area contributed by atoms with E-state index in [0.717, 1.165) is 19.6 Å². The van der Waals surface area contributed by atoms with E-state index in [9.17, 15) is 0 Å².